The Morgan fingerprint density at radius 1 is 1.21 bits per heavy atom. The molecule has 8 nitrogen and oxygen atoms in total. The Hall–Kier alpha value is -3.11. The summed E-state index contributed by atoms with van der Waals surface area (Å²) in [7, 11) is 2.49. The zero-order valence-electron chi connectivity index (χ0n) is 19.2. The van der Waals surface area contributed by atoms with E-state index >= 15 is 0 Å². The Kier molecular flexibility index (Phi) is 9.68. The largest absolute Gasteiger partial charge is 0.491 e. The summed E-state index contributed by atoms with van der Waals surface area (Å²) in [6.45, 7) is 3.89. The highest BCUT2D eigenvalue weighted by atomic mass is 19.3. The minimum Gasteiger partial charge on any atom is -0.491 e. The molecule has 1 aromatic carbocycles. The number of rotatable bonds is 10. The number of benzene rings is 1. The van der Waals surface area contributed by atoms with E-state index in [1.807, 2.05) is 13.8 Å². The van der Waals surface area contributed by atoms with Gasteiger partial charge in [-0.25, -0.2) is 13.8 Å². The second-order valence-electron chi connectivity index (χ2n) is 7.02. The van der Waals surface area contributed by atoms with Crippen LogP contribution in [-0.4, -0.2) is 67.9 Å². The lowest BCUT2D eigenvalue weighted by Gasteiger charge is -2.24. The van der Waals surface area contributed by atoms with Gasteiger partial charge in [0.05, 0.1) is 42.6 Å². The first kappa shape index (κ1) is 26.1. The summed E-state index contributed by atoms with van der Waals surface area (Å²) in [6.07, 6.45) is -1.87. The average molecular weight is 465 g/mol. The first-order valence-electron chi connectivity index (χ1n) is 10.4. The number of ether oxygens (including phenoxy) is 2. The van der Waals surface area contributed by atoms with Crippen LogP contribution < -0.4 is 15.1 Å². The number of halogens is 2. The molecule has 0 radical (unpaired) electrons. The zero-order chi connectivity index (χ0) is 24.5. The Morgan fingerprint density at radius 3 is 2.52 bits per heavy atom. The lowest BCUT2D eigenvalue weighted by molar-refractivity contribution is -0.108. The summed E-state index contributed by atoms with van der Waals surface area (Å²) in [5.41, 5.74) is 1.26. The van der Waals surface area contributed by atoms with Gasteiger partial charge in [-0.15, -0.1) is 0 Å². The van der Waals surface area contributed by atoms with Crippen LogP contribution >= 0.6 is 0 Å². The predicted octanol–water partition coefficient (Wildman–Crippen LogP) is 2.78. The Bertz CT molecular complexity index is 1150. The van der Waals surface area contributed by atoms with E-state index in [2.05, 4.69) is 4.98 Å². The molecule has 0 amide bonds. The van der Waals surface area contributed by atoms with E-state index in [9.17, 15) is 18.4 Å². The molecule has 3 rings (SSSR count). The number of fused-ring (bicyclic) bond motifs is 2. The summed E-state index contributed by atoms with van der Waals surface area (Å²) in [5, 5.41) is 7.70. The number of carbonyl (C=O) groups excluding carboxylic acids is 1. The van der Waals surface area contributed by atoms with Crippen molar-refractivity contribution in [1.29, 1.82) is 0 Å². The van der Waals surface area contributed by atoms with E-state index in [0.717, 1.165) is 12.7 Å². The van der Waals surface area contributed by atoms with Crippen LogP contribution in [0.4, 0.5) is 14.6 Å². The molecule has 0 fully saturated rings. The third kappa shape index (κ3) is 5.63. The number of aromatic nitrogens is 2. The van der Waals surface area contributed by atoms with Gasteiger partial charge >= 0.3 is 0 Å². The van der Waals surface area contributed by atoms with Gasteiger partial charge in [-0.1, -0.05) is 6.07 Å². The van der Waals surface area contributed by atoms with Crippen LogP contribution in [0.2, 0.25) is 0 Å². The molecule has 0 saturated carbocycles. The van der Waals surface area contributed by atoms with Gasteiger partial charge in [0, 0.05) is 20.8 Å². The molecule has 0 spiro atoms. The second-order valence-corrected chi connectivity index (χ2v) is 7.02. The van der Waals surface area contributed by atoms with E-state index in [1.165, 1.54) is 18.1 Å². The van der Waals surface area contributed by atoms with Gasteiger partial charge in [-0.3, -0.25) is 4.79 Å². The smallest absolute Gasteiger partial charge is 0.255 e. The third-order valence-corrected chi connectivity index (χ3v) is 5.00. The number of hydrogen-bond donors (Lipinski definition) is 1. The number of carbonyl (C=O) groups is 1. The van der Waals surface area contributed by atoms with E-state index in [0.29, 0.717) is 34.9 Å². The van der Waals surface area contributed by atoms with Gasteiger partial charge in [0.1, 0.15) is 23.5 Å². The number of anilines is 1. The molecule has 0 aliphatic carbocycles. The fourth-order valence-electron chi connectivity index (χ4n) is 3.62. The molecule has 1 N–H and O–H groups in total. The van der Waals surface area contributed by atoms with Crippen molar-refractivity contribution >= 4 is 34.0 Å². The molecular formula is C23H29F2N3O5. The second kappa shape index (κ2) is 12.2. The number of aryl methyl sites for hydroxylation is 1. The summed E-state index contributed by atoms with van der Waals surface area (Å²) in [5.74, 6) is 0.769. The monoisotopic (exact) mass is 465 g/mol. The van der Waals surface area contributed by atoms with Crippen molar-refractivity contribution in [3.05, 3.63) is 40.1 Å². The first-order valence-corrected chi connectivity index (χ1v) is 10.4. The molecule has 0 aliphatic rings. The van der Waals surface area contributed by atoms with Crippen LogP contribution in [0.5, 0.6) is 5.75 Å². The van der Waals surface area contributed by atoms with Crippen LogP contribution in [0.1, 0.15) is 12.5 Å². The van der Waals surface area contributed by atoms with E-state index in [1.54, 1.807) is 22.8 Å². The molecule has 0 atom stereocenters. The van der Waals surface area contributed by atoms with E-state index in [-0.39, 0.29) is 36.6 Å². The summed E-state index contributed by atoms with van der Waals surface area (Å²) >= 11 is 0. The maximum Gasteiger partial charge on any atom is 0.255 e. The molecular weight excluding hydrogens is 436 g/mol. The SMILES string of the molecule is CCOc1c(C)ccc2c(=O)c3ccc(N(CCOC)CC(F)F)nc3n(CC=O)c12.CO. The summed E-state index contributed by atoms with van der Waals surface area (Å²) < 4.78 is 38.7. The maximum absolute atomic E-state index is 13.2. The number of methoxy groups -OCH3 is 1. The highest BCUT2D eigenvalue weighted by Crippen LogP contribution is 2.31. The lowest BCUT2D eigenvalue weighted by Crippen LogP contribution is -2.33. The van der Waals surface area contributed by atoms with Gasteiger partial charge in [0.2, 0.25) is 0 Å². The molecule has 2 aromatic heterocycles. The number of hydrogen-bond acceptors (Lipinski definition) is 7. The van der Waals surface area contributed by atoms with E-state index in [4.69, 9.17) is 14.6 Å². The number of aliphatic hydroxyl groups is 1. The fraction of sp³-hybridized carbons (Fsp3) is 0.435. The number of nitrogens with zero attached hydrogens (tertiary/aromatic N) is 3. The minimum atomic E-state index is -2.57. The van der Waals surface area contributed by atoms with Gasteiger partial charge in [0.15, 0.2) is 5.43 Å². The van der Waals surface area contributed by atoms with Gasteiger partial charge in [-0.05, 0) is 37.6 Å². The first-order chi connectivity index (χ1) is 15.9. The Labute approximate surface area is 190 Å². The summed E-state index contributed by atoms with van der Waals surface area (Å²) in [4.78, 5) is 30.6. The van der Waals surface area contributed by atoms with Crippen molar-refractivity contribution in [2.45, 2.75) is 26.8 Å². The Balaban J connectivity index is 0.00000187. The molecule has 10 heteroatoms. The lowest BCUT2D eigenvalue weighted by atomic mass is 10.1. The fourth-order valence-corrected chi connectivity index (χ4v) is 3.62. The van der Waals surface area contributed by atoms with Crippen LogP contribution in [0, 0.1) is 6.92 Å². The number of aldehydes is 1. The van der Waals surface area contributed by atoms with Crippen LogP contribution in [0.3, 0.4) is 0 Å². The highest BCUT2D eigenvalue weighted by molar-refractivity contribution is 5.96. The minimum absolute atomic E-state index is 0.0693. The van der Waals surface area contributed by atoms with Gasteiger partial charge < -0.3 is 28.8 Å². The molecule has 0 bridgehead atoms. The van der Waals surface area contributed by atoms with Crippen molar-refractivity contribution in [2.24, 2.45) is 0 Å². The zero-order valence-corrected chi connectivity index (χ0v) is 19.2. The quantitative estimate of drug-likeness (QED) is 0.364. The van der Waals surface area contributed by atoms with Crippen LogP contribution in [0.25, 0.3) is 21.9 Å². The van der Waals surface area contributed by atoms with Crippen molar-refractivity contribution in [2.75, 3.05) is 45.4 Å². The molecule has 33 heavy (non-hydrogen) atoms. The number of pyridine rings is 2. The molecule has 0 saturated heterocycles. The van der Waals surface area contributed by atoms with Crippen molar-refractivity contribution in [1.82, 2.24) is 9.55 Å². The molecule has 0 unspecified atom stereocenters. The highest BCUT2D eigenvalue weighted by Gasteiger charge is 2.20. The molecule has 2 heterocycles. The van der Waals surface area contributed by atoms with Crippen molar-refractivity contribution in [3.8, 4) is 5.75 Å². The molecule has 0 aliphatic heterocycles. The number of alkyl halides is 2. The third-order valence-electron chi connectivity index (χ3n) is 5.00. The average Bonchev–Trinajstić information content (AvgIpc) is 2.81. The van der Waals surface area contributed by atoms with E-state index < -0.39 is 13.0 Å². The molecule has 3 aromatic rings. The number of aliphatic hydroxyl groups excluding tert-OH is 1. The predicted molar refractivity (Wildman–Crippen MR) is 124 cm³/mol. The van der Waals surface area contributed by atoms with Crippen LogP contribution in [0.15, 0.2) is 29.1 Å². The van der Waals surface area contributed by atoms with Crippen molar-refractivity contribution in [3.63, 3.8) is 0 Å². The Morgan fingerprint density at radius 2 is 1.91 bits per heavy atom. The molecule has 180 valence electrons. The van der Waals surface area contributed by atoms with Gasteiger partial charge in [-0.2, -0.15) is 0 Å². The summed E-state index contributed by atoms with van der Waals surface area (Å²) in [6, 6.07) is 6.59. The topological polar surface area (TPSA) is 93.9 Å². The maximum atomic E-state index is 13.2. The normalized spacial score (nSPS) is 10.9. The standard InChI is InChI=1S/C22H25F2N3O4.CH4O/c1-4-31-21-14(2)5-6-15-19(21)27(9-11-28)22-16(20(15)29)7-8-18(25-22)26(10-12-30-3)13-17(23)24;1-2/h5-8,11,17H,4,9-10,12-13H2,1-3H3;2H,1H3. The van der Waals surface area contributed by atoms with Crippen molar-refractivity contribution < 1.29 is 28.2 Å². The van der Waals surface area contributed by atoms with Crippen LogP contribution in [-0.2, 0) is 16.1 Å². The van der Waals surface area contributed by atoms with Gasteiger partial charge in [0.25, 0.3) is 6.43 Å².